The fraction of sp³-hybridized carbons (Fsp3) is 0.263. The van der Waals surface area contributed by atoms with Crippen molar-refractivity contribution in [1.82, 2.24) is 9.97 Å². The van der Waals surface area contributed by atoms with E-state index in [1.807, 2.05) is 24.3 Å². The van der Waals surface area contributed by atoms with Gasteiger partial charge >= 0.3 is 0 Å². The Morgan fingerprint density at radius 2 is 1.93 bits per heavy atom. The van der Waals surface area contributed by atoms with Crippen molar-refractivity contribution in [2.24, 2.45) is 0 Å². The monoisotopic (exact) mass is 403 g/mol. The maximum atomic E-state index is 11.9. The van der Waals surface area contributed by atoms with E-state index in [1.54, 1.807) is 18.2 Å². The van der Waals surface area contributed by atoms with Crippen LogP contribution in [0.1, 0.15) is 18.1 Å². The second-order valence-corrected chi connectivity index (χ2v) is 9.01. The lowest BCUT2D eigenvalue weighted by Crippen LogP contribution is -2.24. The highest BCUT2D eigenvalue weighted by atomic mass is 35.5. The van der Waals surface area contributed by atoms with Crippen LogP contribution >= 0.6 is 11.6 Å². The van der Waals surface area contributed by atoms with Gasteiger partial charge in [0.05, 0.1) is 16.5 Å². The number of ether oxygens (including phenoxy) is 1. The van der Waals surface area contributed by atoms with Gasteiger partial charge in [-0.1, -0.05) is 23.7 Å². The molecule has 1 aliphatic rings. The van der Waals surface area contributed by atoms with Crippen LogP contribution in [0.4, 0.5) is 5.82 Å². The number of nitrogens with one attached hydrogen (secondary N) is 1. The fourth-order valence-corrected chi connectivity index (χ4v) is 4.05. The molecule has 1 aromatic heterocycles. The average Bonchev–Trinajstić information content (AvgIpc) is 3.10. The molecule has 6 nitrogen and oxygen atoms in total. The van der Waals surface area contributed by atoms with Gasteiger partial charge in [0, 0.05) is 23.3 Å². The molecule has 2 aromatic carbocycles. The van der Waals surface area contributed by atoms with E-state index in [4.69, 9.17) is 16.3 Å². The fourth-order valence-electron chi connectivity index (χ4n) is 3.28. The Bertz CT molecular complexity index is 1090. The first-order valence-corrected chi connectivity index (χ1v) is 10.8. The SMILES string of the molecule is CS(=O)(=O)c1ccc2ncnc(NC3CCOC3c3ccc(Cl)cc3)c2c1. The standard InChI is InChI=1S/C19H18ClN3O3S/c1-27(24,25)14-6-7-16-15(10-14)19(22-11-21-16)23-17-8-9-26-18(17)12-2-4-13(20)5-3-12/h2-7,10-11,17-18H,8-9H2,1H3,(H,21,22,23). The van der Waals surface area contributed by atoms with E-state index in [0.717, 1.165) is 12.0 Å². The average molecular weight is 404 g/mol. The summed E-state index contributed by atoms with van der Waals surface area (Å²) < 4.78 is 29.7. The number of hydrogen-bond acceptors (Lipinski definition) is 6. The van der Waals surface area contributed by atoms with Crippen molar-refractivity contribution in [3.8, 4) is 0 Å². The van der Waals surface area contributed by atoms with Crippen LogP contribution < -0.4 is 5.32 Å². The van der Waals surface area contributed by atoms with Crippen LogP contribution in [0.2, 0.25) is 5.02 Å². The maximum absolute atomic E-state index is 11.9. The summed E-state index contributed by atoms with van der Waals surface area (Å²) in [5, 5.41) is 4.77. The molecular weight excluding hydrogens is 386 g/mol. The number of anilines is 1. The largest absolute Gasteiger partial charge is 0.371 e. The van der Waals surface area contributed by atoms with Crippen molar-refractivity contribution in [1.29, 1.82) is 0 Å². The number of sulfone groups is 1. The smallest absolute Gasteiger partial charge is 0.175 e. The van der Waals surface area contributed by atoms with Crippen LogP contribution in [0.5, 0.6) is 0 Å². The Hall–Kier alpha value is -2.22. The van der Waals surface area contributed by atoms with Crippen molar-refractivity contribution < 1.29 is 13.2 Å². The Morgan fingerprint density at radius 3 is 2.67 bits per heavy atom. The van der Waals surface area contributed by atoms with E-state index < -0.39 is 9.84 Å². The van der Waals surface area contributed by atoms with Gasteiger partial charge in [0.25, 0.3) is 0 Å². The molecule has 3 aromatic rings. The first-order valence-electron chi connectivity index (χ1n) is 8.50. The molecule has 2 unspecified atom stereocenters. The molecule has 1 aliphatic heterocycles. The minimum Gasteiger partial charge on any atom is -0.371 e. The first kappa shape index (κ1) is 18.2. The van der Waals surface area contributed by atoms with Gasteiger partial charge in [-0.15, -0.1) is 0 Å². The zero-order chi connectivity index (χ0) is 19.0. The van der Waals surface area contributed by atoms with Crippen LogP contribution in [0.3, 0.4) is 0 Å². The van der Waals surface area contributed by atoms with Crippen molar-refractivity contribution >= 4 is 38.2 Å². The predicted molar refractivity (Wildman–Crippen MR) is 105 cm³/mol. The van der Waals surface area contributed by atoms with Crippen molar-refractivity contribution in [3.05, 3.63) is 59.4 Å². The topological polar surface area (TPSA) is 81.2 Å². The molecule has 0 saturated carbocycles. The van der Waals surface area contributed by atoms with E-state index >= 15 is 0 Å². The van der Waals surface area contributed by atoms with E-state index in [1.165, 1.54) is 12.6 Å². The summed E-state index contributed by atoms with van der Waals surface area (Å²) in [4.78, 5) is 8.82. The van der Waals surface area contributed by atoms with E-state index in [2.05, 4.69) is 15.3 Å². The van der Waals surface area contributed by atoms with Gasteiger partial charge < -0.3 is 10.1 Å². The number of hydrogen-bond donors (Lipinski definition) is 1. The lowest BCUT2D eigenvalue weighted by Gasteiger charge is -2.21. The van der Waals surface area contributed by atoms with Gasteiger partial charge in [-0.05, 0) is 42.3 Å². The normalized spacial score (nSPS) is 20.1. The predicted octanol–water partition coefficient (Wildman–Crippen LogP) is 3.63. The number of benzene rings is 2. The number of rotatable bonds is 4. The quantitative estimate of drug-likeness (QED) is 0.716. The highest BCUT2D eigenvalue weighted by molar-refractivity contribution is 7.90. The van der Waals surface area contributed by atoms with Gasteiger partial charge in [0.2, 0.25) is 0 Å². The van der Waals surface area contributed by atoms with Crippen LogP contribution in [-0.2, 0) is 14.6 Å². The molecule has 8 heteroatoms. The first-order chi connectivity index (χ1) is 12.9. The second kappa shape index (κ2) is 7.07. The Morgan fingerprint density at radius 1 is 1.15 bits per heavy atom. The number of nitrogens with zero attached hydrogens (tertiary/aromatic N) is 2. The highest BCUT2D eigenvalue weighted by Gasteiger charge is 2.30. The molecule has 4 rings (SSSR count). The molecule has 1 saturated heterocycles. The van der Waals surface area contributed by atoms with E-state index in [-0.39, 0.29) is 17.0 Å². The lowest BCUT2D eigenvalue weighted by molar-refractivity contribution is 0.107. The summed E-state index contributed by atoms with van der Waals surface area (Å²) in [5.41, 5.74) is 1.71. The van der Waals surface area contributed by atoms with Gasteiger partial charge in [-0.2, -0.15) is 0 Å². The summed E-state index contributed by atoms with van der Waals surface area (Å²) in [6.07, 6.45) is 3.33. The molecule has 2 atom stereocenters. The lowest BCUT2D eigenvalue weighted by atomic mass is 10.0. The summed E-state index contributed by atoms with van der Waals surface area (Å²) in [6, 6.07) is 12.5. The molecule has 0 aliphatic carbocycles. The summed E-state index contributed by atoms with van der Waals surface area (Å²) in [5.74, 6) is 0.597. The Balaban J connectivity index is 1.69. The molecule has 0 bridgehead atoms. The van der Waals surface area contributed by atoms with Crippen LogP contribution in [0.25, 0.3) is 10.9 Å². The molecule has 0 spiro atoms. The van der Waals surface area contributed by atoms with Crippen molar-refractivity contribution in [2.75, 3.05) is 18.2 Å². The summed E-state index contributed by atoms with van der Waals surface area (Å²) in [6.45, 7) is 0.628. The van der Waals surface area contributed by atoms with Gasteiger partial charge in [-0.3, -0.25) is 0 Å². The molecule has 0 amide bonds. The summed E-state index contributed by atoms with van der Waals surface area (Å²) >= 11 is 5.98. The molecule has 1 N–H and O–H groups in total. The van der Waals surface area contributed by atoms with Gasteiger partial charge in [0.15, 0.2) is 9.84 Å². The summed E-state index contributed by atoms with van der Waals surface area (Å²) in [7, 11) is -3.32. The number of aromatic nitrogens is 2. The van der Waals surface area contributed by atoms with Gasteiger partial charge in [0.1, 0.15) is 18.2 Å². The van der Waals surface area contributed by atoms with Crippen LogP contribution in [0, 0.1) is 0 Å². The number of fused-ring (bicyclic) bond motifs is 1. The van der Waals surface area contributed by atoms with E-state index in [9.17, 15) is 8.42 Å². The third kappa shape index (κ3) is 3.76. The highest BCUT2D eigenvalue weighted by Crippen LogP contribution is 2.33. The van der Waals surface area contributed by atoms with E-state index in [0.29, 0.717) is 28.4 Å². The third-order valence-corrected chi connectivity index (χ3v) is 6.01. The number of halogens is 1. The second-order valence-electron chi connectivity index (χ2n) is 6.56. The third-order valence-electron chi connectivity index (χ3n) is 4.65. The molecule has 2 heterocycles. The van der Waals surface area contributed by atoms with Gasteiger partial charge in [-0.25, -0.2) is 18.4 Å². The zero-order valence-electron chi connectivity index (χ0n) is 14.6. The van der Waals surface area contributed by atoms with Crippen LogP contribution in [0.15, 0.2) is 53.7 Å². The zero-order valence-corrected chi connectivity index (χ0v) is 16.2. The molecule has 27 heavy (non-hydrogen) atoms. The van der Waals surface area contributed by atoms with Crippen molar-refractivity contribution in [2.45, 2.75) is 23.5 Å². The minimum atomic E-state index is -3.32. The maximum Gasteiger partial charge on any atom is 0.175 e. The Labute approximate surface area is 162 Å². The minimum absolute atomic E-state index is 0.00571. The molecular formula is C19H18ClN3O3S. The molecule has 140 valence electrons. The molecule has 1 fully saturated rings. The molecule has 0 radical (unpaired) electrons. The van der Waals surface area contributed by atoms with Crippen molar-refractivity contribution in [3.63, 3.8) is 0 Å². The Kier molecular flexibility index (Phi) is 4.75. The van der Waals surface area contributed by atoms with Crippen LogP contribution in [-0.4, -0.2) is 37.3 Å².